The Morgan fingerprint density at radius 3 is 2.89 bits per heavy atom. The number of piperidine rings is 1. The first kappa shape index (κ1) is 13.0. The molecule has 0 aliphatic carbocycles. The average molecular weight is 249 g/mol. The van der Waals surface area contributed by atoms with Crippen LogP contribution >= 0.6 is 0 Å². The zero-order valence-corrected chi connectivity index (χ0v) is 10.4. The molecule has 0 saturated carbocycles. The lowest BCUT2D eigenvalue weighted by Crippen LogP contribution is -2.56. The summed E-state index contributed by atoms with van der Waals surface area (Å²) >= 11 is 0. The fourth-order valence-electron chi connectivity index (χ4n) is 2.35. The molecule has 0 spiro atoms. The van der Waals surface area contributed by atoms with Gasteiger partial charge in [-0.2, -0.15) is 0 Å². The molecule has 2 heterocycles. The van der Waals surface area contributed by atoms with Gasteiger partial charge in [-0.3, -0.25) is 14.7 Å². The van der Waals surface area contributed by atoms with E-state index >= 15 is 0 Å². The minimum Gasteiger partial charge on any atom is -0.379 e. The number of nitrogens with two attached hydrogens (primary N) is 1. The van der Waals surface area contributed by atoms with Crippen LogP contribution in [-0.2, 0) is 11.2 Å². The topological polar surface area (TPSA) is 79.5 Å². The molecule has 5 heteroatoms. The molecular weight excluding hydrogens is 230 g/mol. The van der Waals surface area contributed by atoms with Gasteiger partial charge in [-0.15, -0.1) is 0 Å². The average Bonchev–Trinajstić information content (AvgIpc) is 2.38. The number of β-amino-alcohol motifs (C(OH)–C–C–N with tert-alkyl or cyclic N) is 1. The van der Waals surface area contributed by atoms with Crippen LogP contribution in [0.1, 0.15) is 18.4 Å². The Kier molecular flexibility index (Phi) is 3.93. The third-order valence-corrected chi connectivity index (χ3v) is 3.47. The summed E-state index contributed by atoms with van der Waals surface area (Å²) in [6.45, 7) is 2.06. The van der Waals surface area contributed by atoms with Gasteiger partial charge in [0, 0.05) is 25.5 Å². The number of aliphatic hydroxyl groups is 1. The quantitative estimate of drug-likeness (QED) is 0.783. The summed E-state index contributed by atoms with van der Waals surface area (Å²) in [4.78, 5) is 17.3. The minimum absolute atomic E-state index is 0.341. The predicted molar refractivity (Wildman–Crippen MR) is 67.8 cm³/mol. The second-order valence-electron chi connectivity index (χ2n) is 4.88. The summed E-state index contributed by atoms with van der Waals surface area (Å²) in [5.41, 5.74) is 5.10. The van der Waals surface area contributed by atoms with E-state index in [1.54, 1.807) is 12.4 Å². The minimum atomic E-state index is -1.35. The highest BCUT2D eigenvalue weighted by atomic mass is 16.3. The van der Waals surface area contributed by atoms with E-state index in [1.165, 1.54) is 5.56 Å². The second kappa shape index (κ2) is 5.46. The summed E-state index contributed by atoms with van der Waals surface area (Å²) < 4.78 is 0. The van der Waals surface area contributed by atoms with Gasteiger partial charge in [0.05, 0.1) is 0 Å². The highest BCUT2D eigenvalue weighted by Crippen LogP contribution is 2.20. The maximum Gasteiger partial charge on any atom is 0.250 e. The van der Waals surface area contributed by atoms with E-state index in [-0.39, 0.29) is 0 Å². The summed E-state index contributed by atoms with van der Waals surface area (Å²) in [5, 5.41) is 10.1. The van der Waals surface area contributed by atoms with Gasteiger partial charge in [-0.05, 0) is 43.5 Å². The number of aromatic nitrogens is 1. The van der Waals surface area contributed by atoms with E-state index in [2.05, 4.69) is 9.88 Å². The van der Waals surface area contributed by atoms with Gasteiger partial charge in [-0.25, -0.2) is 0 Å². The van der Waals surface area contributed by atoms with Crippen molar-refractivity contribution in [1.82, 2.24) is 9.88 Å². The Morgan fingerprint density at radius 1 is 1.50 bits per heavy atom. The van der Waals surface area contributed by atoms with E-state index in [1.807, 2.05) is 12.1 Å². The van der Waals surface area contributed by atoms with Crippen molar-refractivity contribution in [2.75, 3.05) is 19.6 Å². The van der Waals surface area contributed by atoms with Gasteiger partial charge in [-0.1, -0.05) is 0 Å². The smallest absolute Gasteiger partial charge is 0.250 e. The Hall–Kier alpha value is -1.46. The van der Waals surface area contributed by atoms with Crippen LogP contribution in [0.3, 0.4) is 0 Å². The molecule has 18 heavy (non-hydrogen) atoms. The molecule has 2 rings (SSSR count). The number of carbonyl (C=O) groups excluding carboxylic acids is 1. The van der Waals surface area contributed by atoms with Crippen LogP contribution in [0.25, 0.3) is 0 Å². The van der Waals surface area contributed by atoms with Crippen molar-refractivity contribution in [1.29, 1.82) is 0 Å². The molecule has 1 aromatic rings. The molecule has 3 N–H and O–H groups in total. The number of amides is 1. The molecule has 1 atom stereocenters. The number of rotatable bonds is 4. The Bertz CT molecular complexity index is 410. The first-order chi connectivity index (χ1) is 8.60. The molecule has 1 fully saturated rings. The van der Waals surface area contributed by atoms with Crippen molar-refractivity contribution >= 4 is 5.91 Å². The van der Waals surface area contributed by atoms with Crippen molar-refractivity contribution in [2.24, 2.45) is 5.73 Å². The van der Waals surface area contributed by atoms with Crippen molar-refractivity contribution in [3.63, 3.8) is 0 Å². The summed E-state index contributed by atoms with van der Waals surface area (Å²) in [6, 6.07) is 3.95. The maximum atomic E-state index is 11.2. The van der Waals surface area contributed by atoms with Crippen molar-refractivity contribution in [3.8, 4) is 0 Å². The van der Waals surface area contributed by atoms with E-state index in [4.69, 9.17) is 5.73 Å². The second-order valence-corrected chi connectivity index (χ2v) is 4.88. The molecule has 5 nitrogen and oxygen atoms in total. The first-order valence-corrected chi connectivity index (χ1v) is 6.24. The van der Waals surface area contributed by atoms with E-state index < -0.39 is 11.5 Å². The van der Waals surface area contributed by atoms with Gasteiger partial charge in [0.2, 0.25) is 0 Å². The lowest BCUT2D eigenvalue weighted by atomic mass is 9.92. The molecule has 0 unspecified atom stereocenters. The van der Waals surface area contributed by atoms with E-state index in [0.29, 0.717) is 13.0 Å². The largest absolute Gasteiger partial charge is 0.379 e. The number of nitrogens with zero attached hydrogens (tertiary/aromatic N) is 2. The standard InChI is InChI=1S/C13H19N3O2/c14-12(17)13(18)5-1-8-16(10-13)9-4-11-2-6-15-7-3-11/h2-3,6-7,18H,1,4-5,8-10H2,(H2,14,17)/t13-/m0/s1. The number of hydrogen-bond acceptors (Lipinski definition) is 4. The number of carbonyl (C=O) groups is 1. The van der Waals surface area contributed by atoms with Crippen LogP contribution < -0.4 is 5.73 Å². The normalized spacial score (nSPS) is 24.9. The van der Waals surface area contributed by atoms with Gasteiger partial charge in [0.15, 0.2) is 5.60 Å². The van der Waals surface area contributed by atoms with E-state index in [9.17, 15) is 9.90 Å². The predicted octanol–water partition coefficient (Wildman–Crippen LogP) is -0.0637. The summed E-state index contributed by atoms with van der Waals surface area (Å²) in [7, 11) is 0. The molecule has 1 saturated heterocycles. The first-order valence-electron chi connectivity index (χ1n) is 6.24. The SMILES string of the molecule is NC(=O)[C@]1(O)CCCN(CCc2ccncc2)C1. The zero-order valence-electron chi connectivity index (χ0n) is 10.4. The van der Waals surface area contributed by atoms with Gasteiger partial charge < -0.3 is 10.8 Å². The monoisotopic (exact) mass is 249 g/mol. The molecule has 0 bridgehead atoms. The highest BCUT2D eigenvalue weighted by Gasteiger charge is 2.38. The van der Waals surface area contributed by atoms with Crippen LogP contribution in [0.5, 0.6) is 0 Å². The third-order valence-electron chi connectivity index (χ3n) is 3.47. The molecule has 1 aliphatic heterocycles. The van der Waals surface area contributed by atoms with Crippen molar-refractivity contribution < 1.29 is 9.90 Å². The number of pyridine rings is 1. The zero-order chi connectivity index (χ0) is 13.0. The molecule has 1 aromatic heterocycles. The highest BCUT2D eigenvalue weighted by molar-refractivity contribution is 5.83. The van der Waals surface area contributed by atoms with Crippen molar-refractivity contribution in [3.05, 3.63) is 30.1 Å². The number of hydrogen-bond donors (Lipinski definition) is 2. The van der Waals surface area contributed by atoms with Crippen LogP contribution in [0.15, 0.2) is 24.5 Å². The lowest BCUT2D eigenvalue weighted by molar-refractivity contribution is -0.142. The molecule has 1 amide bonds. The van der Waals surface area contributed by atoms with Crippen LogP contribution in [0.4, 0.5) is 0 Å². The summed E-state index contributed by atoms with van der Waals surface area (Å²) in [5.74, 6) is -0.615. The molecule has 0 aromatic carbocycles. The molecule has 1 aliphatic rings. The van der Waals surface area contributed by atoms with Crippen molar-refractivity contribution in [2.45, 2.75) is 24.9 Å². The lowest BCUT2D eigenvalue weighted by Gasteiger charge is -2.37. The fraction of sp³-hybridized carbons (Fsp3) is 0.538. The summed E-state index contributed by atoms with van der Waals surface area (Å²) in [6.07, 6.45) is 5.69. The third kappa shape index (κ3) is 3.05. The van der Waals surface area contributed by atoms with Gasteiger partial charge in [0.1, 0.15) is 0 Å². The Labute approximate surface area is 107 Å². The van der Waals surface area contributed by atoms with Crippen LogP contribution in [0.2, 0.25) is 0 Å². The van der Waals surface area contributed by atoms with Gasteiger partial charge in [0.25, 0.3) is 5.91 Å². The van der Waals surface area contributed by atoms with Gasteiger partial charge >= 0.3 is 0 Å². The van der Waals surface area contributed by atoms with Crippen LogP contribution in [-0.4, -0.2) is 46.1 Å². The van der Waals surface area contributed by atoms with E-state index in [0.717, 1.165) is 25.9 Å². The number of likely N-dealkylation sites (tertiary alicyclic amines) is 1. The Balaban J connectivity index is 1.89. The maximum absolute atomic E-state index is 11.2. The van der Waals surface area contributed by atoms with Crippen LogP contribution in [0, 0.1) is 0 Å². The number of primary amides is 1. The Morgan fingerprint density at radius 2 is 2.22 bits per heavy atom. The molecule has 98 valence electrons. The molecular formula is C13H19N3O2. The fourth-order valence-corrected chi connectivity index (χ4v) is 2.35. The molecule has 0 radical (unpaired) electrons.